The minimum Gasteiger partial charge on any atom is -0.471 e. The number of carbonyl (C=O) groups is 1. The van der Waals surface area contributed by atoms with E-state index in [9.17, 15) is 19.6 Å². The average molecular weight is 495 g/mol. The summed E-state index contributed by atoms with van der Waals surface area (Å²) in [6.45, 7) is 5.44. The number of aliphatic hydroxyl groups is 1. The number of amides is 1. The quantitative estimate of drug-likeness (QED) is 0.490. The summed E-state index contributed by atoms with van der Waals surface area (Å²) in [4.78, 5) is 16.4. The Kier molecular flexibility index (Phi) is 7.62. The SMILES string of the molecule is CC(=O)N[C@@H](Cc1cccc(F)c1)[C@H](O)CN[C@H]1CC2(CCC2)Oc2ncc(CC(C)(C)C#N)cc21. The maximum absolute atomic E-state index is 13.7. The summed E-state index contributed by atoms with van der Waals surface area (Å²) in [6.07, 6.45) is 5.57. The number of carbonyl (C=O) groups excluding carboxylic acids is 1. The molecule has 1 aromatic carbocycles. The predicted molar refractivity (Wildman–Crippen MR) is 134 cm³/mol. The molecule has 36 heavy (non-hydrogen) atoms. The fourth-order valence-corrected chi connectivity index (χ4v) is 5.15. The molecule has 3 atom stereocenters. The number of hydrogen-bond acceptors (Lipinski definition) is 6. The van der Waals surface area contributed by atoms with Crippen molar-refractivity contribution < 1.29 is 19.0 Å². The van der Waals surface area contributed by atoms with E-state index in [-0.39, 0.29) is 29.9 Å². The molecule has 0 saturated heterocycles. The lowest BCUT2D eigenvalue weighted by Crippen LogP contribution is -2.52. The van der Waals surface area contributed by atoms with Gasteiger partial charge in [0.15, 0.2) is 0 Å². The zero-order valence-corrected chi connectivity index (χ0v) is 21.2. The monoisotopic (exact) mass is 494 g/mol. The van der Waals surface area contributed by atoms with E-state index in [1.54, 1.807) is 18.3 Å². The largest absolute Gasteiger partial charge is 0.471 e. The maximum Gasteiger partial charge on any atom is 0.218 e. The molecule has 0 bridgehead atoms. The lowest BCUT2D eigenvalue weighted by atomic mass is 9.73. The average Bonchev–Trinajstić information content (AvgIpc) is 2.80. The molecule has 2 aliphatic rings. The number of nitriles is 1. The van der Waals surface area contributed by atoms with Crippen LogP contribution in [0.15, 0.2) is 36.5 Å². The number of benzene rings is 1. The molecular formula is C28H35FN4O3. The lowest BCUT2D eigenvalue weighted by molar-refractivity contribution is -0.120. The van der Waals surface area contributed by atoms with Gasteiger partial charge in [-0.05, 0) is 75.3 Å². The highest BCUT2D eigenvalue weighted by atomic mass is 19.1. The van der Waals surface area contributed by atoms with Gasteiger partial charge in [-0.2, -0.15) is 5.26 Å². The van der Waals surface area contributed by atoms with Crippen LogP contribution in [0.5, 0.6) is 5.88 Å². The van der Waals surface area contributed by atoms with E-state index < -0.39 is 17.6 Å². The van der Waals surface area contributed by atoms with E-state index in [0.29, 0.717) is 24.3 Å². The van der Waals surface area contributed by atoms with Gasteiger partial charge in [0.05, 0.1) is 23.6 Å². The van der Waals surface area contributed by atoms with E-state index in [0.717, 1.165) is 36.8 Å². The third kappa shape index (κ3) is 6.21. The Morgan fingerprint density at radius 2 is 2.14 bits per heavy atom. The molecule has 8 heteroatoms. The molecule has 192 valence electrons. The first-order valence-electron chi connectivity index (χ1n) is 12.6. The third-order valence-corrected chi connectivity index (χ3v) is 7.18. The van der Waals surface area contributed by atoms with Crippen LogP contribution in [-0.2, 0) is 17.6 Å². The number of halogens is 1. The van der Waals surface area contributed by atoms with Gasteiger partial charge in [0.1, 0.15) is 11.4 Å². The molecule has 4 rings (SSSR count). The van der Waals surface area contributed by atoms with Crippen LogP contribution in [0.3, 0.4) is 0 Å². The number of pyridine rings is 1. The highest BCUT2D eigenvalue weighted by Crippen LogP contribution is 2.48. The molecular weight excluding hydrogens is 459 g/mol. The molecule has 1 aliphatic carbocycles. The molecule has 0 radical (unpaired) electrons. The van der Waals surface area contributed by atoms with Crippen LogP contribution in [0, 0.1) is 22.6 Å². The van der Waals surface area contributed by atoms with Crippen molar-refractivity contribution in [2.75, 3.05) is 6.54 Å². The van der Waals surface area contributed by atoms with E-state index in [2.05, 4.69) is 27.8 Å². The lowest BCUT2D eigenvalue weighted by Gasteiger charge is -2.47. The molecule has 1 spiro atoms. The van der Waals surface area contributed by atoms with Crippen LogP contribution in [0.4, 0.5) is 4.39 Å². The van der Waals surface area contributed by atoms with Crippen molar-refractivity contribution >= 4 is 5.91 Å². The molecule has 0 unspecified atom stereocenters. The minimum absolute atomic E-state index is 0.0894. The van der Waals surface area contributed by atoms with Gasteiger partial charge in [0.2, 0.25) is 11.8 Å². The Morgan fingerprint density at radius 3 is 2.78 bits per heavy atom. The van der Waals surface area contributed by atoms with Gasteiger partial charge in [0, 0.05) is 37.7 Å². The molecule has 2 aromatic rings. The summed E-state index contributed by atoms with van der Waals surface area (Å²) in [6, 6.07) is 9.91. The number of hydrogen-bond donors (Lipinski definition) is 3. The number of nitrogens with one attached hydrogen (secondary N) is 2. The Balaban J connectivity index is 1.51. The smallest absolute Gasteiger partial charge is 0.218 e. The Hall–Kier alpha value is -3.02. The summed E-state index contributed by atoms with van der Waals surface area (Å²) in [7, 11) is 0. The second-order valence-electron chi connectivity index (χ2n) is 10.9. The zero-order chi connectivity index (χ0) is 25.9. The molecule has 3 N–H and O–H groups in total. The molecule has 1 aromatic heterocycles. The molecule has 2 heterocycles. The maximum atomic E-state index is 13.7. The minimum atomic E-state index is -0.894. The van der Waals surface area contributed by atoms with E-state index in [1.807, 2.05) is 13.8 Å². The van der Waals surface area contributed by atoms with Crippen LogP contribution in [0.25, 0.3) is 0 Å². The summed E-state index contributed by atoms with van der Waals surface area (Å²) in [5, 5.41) is 26.8. The van der Waals surface area contributed by atoms with Crippen LogP contribution in [-0.4, -0.2) is 40.3 Å². The number of nitrogens with zero attached hydrogens (tertiary/aromatic N) is 2. The highest BCUT2D eigenvalue weighted by molar-refractivity contribution is 5.73. The summed E-state index contributed by atoms with van der Waals surface area (Å²) >= 11 is 0. The van der Waals surface area contributed by atoms with Gasteiger partial charge >= 0.3 is 0 Å². The number of rotatable bonds is 9. The van der Waals surface area contributed by atoms with Crippen molar-refractivity contribution in [2.45, 2.75) is 83.1 Å². The van der Waals surface area contributed by atoms with Crippen molar-refractivity contribution in [2.24, 2.45) is 5.41 Å². The van der Waals surface area contributed by atoms with Gasteiger partial charge in [-0.25, -0.2) is 9.37 Å². The molecule has 1 amide bonds. The van der Waals surface area contributed by atoms with Crippen molar-refractivity contribution in [3.8, 4) is 11.9 Å². The van der Waals surface area contributed by atoms with Crippen molar-refractivity contribution in [3.05, 3.63) is 59.0 Å². The van der Waals surface area contributed by atoms with Crippen LogP contribution in [0.2, 0.25) is 0 Å². The molecule has 1 aliphatic heterocycles. The second-order valence-corrected chi connectivity index (χ2v) is 10.9. The fourth-order valence-electron chi connectivity index (χ4n) is 5.15. The molecule has 1 fully saturated rings. The van der Waals surface area contributed by atoms with E-state index in [4.69, 9.17) is 4.74 Å². The Bertz CT molecular complexity index is 1140. The number of aliphatic hydroxyl groups excluding tert-OH is 1. The fraction of sp³-hybridized carbons (Fsp3) is 0.536. The third-order valence-electron chi connectivity index (χ3n) is 7.18. The van der Waals surface area contributed by atoms with Gasteiger partial charge < -0.3 is 20.5 Å². The normalized spacial score (nSPS) is 19.8. The standard InChI is InChI=1S/C28H35FN4O3/c1-18(34)33-23(12-19-6-4-7-21(29)10-19)25(35)16-31-24-14-28(8-5-9-28)36-26-22(24)11-20(15-32-26)13-27(2,3)17-30/h4,6-7,10-11,15,23-25,31,35H,5,8-9,12-14,16H2,1-3H3,(H,33,34)/t23-,24-,25+/m0/s1. The van der Waals surface area contributed by atoms with Gasteiger partial charge in [0.25, 0.3) is 0 Å². The first kappa shape index (κ1) is 26.1. The number of ether oxygens (including phenoxy) is 1. The van der Waals surface area contributed by atoms with Crippen molar-refractivity contribution in [1.29, 1.82) is 5.26 Å². The van der Waals surface area contributed by atoms with Crippen LogP contribution < -0.4 is 15.4 Å². The molecule has 1 saturated carbocycles. The first-order valence-corrected chi connectivity index (χ1v) is 12.6. The summed E-state index contributed by atoms with van der Waals surface area (Å²) < 4.78 is 20.0. The number of fused-ring (bicyclic) bond motifs is 1. The predicted octanol–water partition coefficient (Wildman–Crippen LogP) is 3.76. The van der Waals surface area contributed by atoms with Crippen LogP contribution in [0.1, 0.15) is 69.2 Å². The Labute approximate surface area is 212 Å². The van der Waals surface area contributed by atoms with Gasteiger partial charge in [-0.1, -0.05) is 12.1 Å². The van der Waals surface area contributed by atoms with Crippen molar-refractivity contribution in [3.63, 3.8) is 0 Å². The highest BCUT2D eigenvalue weighted by Gasteiger charge is 2.46. The Morgan fingerprint density at radius 1 is 1.36 bits per heavy atom. The summed E-state index contributed by atoms with van der Waals surface area (Å²) in [5.41, 5.74) is 1.83. The second kappa shape index (κ2) is 10.5. The van der Waals surface area contributed by atoms with Crippen LogP contribution >= 0.6 is 0 Å². The zero-order valence-electron chi connectivity index (χ0n) is 21.2. The van der Waals surface area contributed by atoms with Gasteiger partial charge in [-0.15, -0.1) is 0 Å². The van der Waals surface area contributed by atoms with E-state index in [1.165, 1.54) is 19.1 Å². The molecule has 7 nitrogen and oxygen atoms in total. The summed E-state index contributed by atoms with van der Waals surface area (Å²) in [5.74, 6) is -0.00645. The van der Waals surface area contributed by atoms with Gasteiger partial charge in [-0.3, -0.25) is 4.79 Å². The number of aromatic nitrogens is 1. The topological polar surface area (TPSA) is 107 Å². The van der Waals surface area contributed by atoms with E-state index >= 15 is 0 Å². The van der Waals surface area contributed by atoms with Crippen molar-refractivity contribution in [1.82, 2.24) is 15.6 Å². The first-order chi connectivity index (χ1) is 17.1.